The highest BCUT2D eigenvalue weighted by Crippen LogP contribution is 2.31. The summed E-state index contributed by atoms with van der Waals surface area (Å²) >= 11 is 6.11. The van der Waals surface area contributed by atoms with Crippen LogP contribution in [-0.4, -0.2) is 18.6 Å². The molecule has 0 fully saturated rings. The Kier molecular flexibility index (Phi) is 4.56. The Morgan fingerprint density at radius 2 is 2.21 bits per heavy atom. The molecule has 3 nitrogen and oxygen atoms in total. The molecule has 0 saturated carbocycles. The van der Waals surface area contributed by atoms with Gasteiger partial charge in [-0.15, -0.1) is 0 Å². The molecule has 1 N–H and O–H groups in total. The van der Waals surface area contributed by atoms with Gasteiger partial charge >= 0.3 is 0 Å². The molecule has 1 aromatic carbocycles. The van der Waals surface area contributed by atoms with E-state index in [1.807, 2.05) is 0 Å². The van der Waals surface area contributed by atoms with Crippen molar-refractivity contribution in [1.82, 2.24) is 4.98 Å². The van der Waals surface area contributed by atoms with Gasteiger partial charge in [-0.05, 0) is 24.6 Å². The summed E-state index contributed by atoms with van der Waals surface area (Å²) in [6.07, 6.45) is 0.950. The summed E-state index contributed by atoms with van der Waals surface area (Å²) in [5, 5.41) is 4.08. The molecule has 0 aliphatic heterocycles. The summed E-state index contributed by atoms with van der Waals surface area (Å²) in [6.45, 7) is 3.18. The third kappa shape index (κ3) is 2.96. The maximum atomic E-state index is 14.0. The Balaban J connectivity index is 2.63. The zero-order valence-corrected chi connectivity index (χ0v) is 11.7. The van der Waals surface area contributed by atoms with Crippen LogP contribution in [-0.2, 0) is 11.3 Å². The maximum Gasteiger partial charge on any atom is 0.134 e. The number of methoxy groups -OCH3 is 1. The highest BCUT2D eigenvalue weighted by Gasteiger charge is 2.12. The number of hydrogen-bond donors (Lipinski definition) is 1. The Morgan fingerprint density at radius 3 is 2.89 bits per heavy atom. The molecule has 0 aliphatic carbocycles. The fraction of sp³-hybridized carbons (Fsp3) is 0.357. The SMILES string of the molecule is CCCNc1cc(COC)nc2c(Cl)ccc(F)c12. The van der Waals surface area contributed by atoms with E-state index in [-0.39, 0.29) is 5.82 Å². The Morgan fingerprint density at radius 1 is 1.42 bits per heavy atom. The van der Waals surface area contributed by atoms with Gasteiger partial charge in [0.05, 0.1) is 28.2 Å². The number of benzene rings is 1. The monoisotopic (exact) mass is 282 g/mol. The van der Waals surface area contributed by atoms with Gasteiger partial charge in [-0.1, -0.05) is 18.5 Å². The molecule has 0 radical (unpaired) electrons. The van der Waals surface area contributed by atoms with E-state index >= 15 is 0 Å². The molecule has 0 unspecified atom stereocenters. The van der Waals surface area contributed by atoms with E-state index in [1.54, 1.807) is 13.2 Å². The molecule has 0 spiro atoms. The predicted octanol–water partition coefficient (Wildman–Crippen LogP) is 4.00. The van der Waals surface area contributed by atoms with Crippen molar-refractivity contribution in [3.63, 3.8) is 0 Å². The van der Waals surface area contributed by atoms with Gasteiger partial charge < -0.3 is 10.1 Å². The summed E-state index contributed by atoms with van der Waals surface area (Å²) in [4.78, 5) is 4.36. The Bertz CT molecular complexity index is 589. The summed E-state index contributed by atoms with van der Waals surface area (Å²) in [7, 11) is 1.60. The third-order valence-corrected chi connectivity index (χ3v) is 3.08. The lowest BCUT2D eigenvalue weighted by Gasteiger charge is -2.12. The number of anilines is 1. The first kappa shape index (κ1) is 14.0. The van der Waals surface area contributed by atoms with Gasteiger partial charge in [0.2, 0.25) is 0 Å². The molecule has 0 amide bonds. The van der Waals surface area contributed by atoms with Crippen molar-refractivity contribution >= 4 is 28.2 Å². The van der Waals surface area contributed by atoms with Crippen molar-refractivity contribution in [3.8, 4) is 0 Å². The van der Waals surface area contributed by atoms with Gasteiger partial charge in [0, 0.05) is 19.3 Å². The smallest absolute Gasteiger partial charge is 0.134 e. The van der Waals surface area contributed by atoms with Gasteiger partial charge in [0.15, 0.2) is 0 Å². The van der Waals surface area contributed by atoms with Crippen LogP contribution in [0.2, 0.25) is 5.02 Å². The second-order valence-corrected chi connectivity index (χ2v) is 4.68. The molecule has 0 atom stereocenters. The van der Waals surface area contributed by atoms with Crippen molar-refractivity contribution in [2.24, 2.45) is 0 Å². The first-order valence-electron chi connectivity index (χ1n) is 6.17. The van der Waals surface area contributed by atoms with E-state index in [1.165, 1.54) is 12.1 Å². The largest absolute Gasteiger partial charge is 0.384 e. The fourth-order valence-corrected chi connectivity index (χ4v) is 2.14. The lowest BCUT2D eigenvalue weighted by Crippen LogP contribution is -2.04. The number of nitrogens with one attached hydrogen (secondary N) is 1. The van der Waals surface area contributed by atoms with Crippen LogP contribution < -0.4 is 5.32 Å². The fourth-order valence-electron chi connectivity index (χ4n) is 1.94. The lowest BCUT2D eigenvalue weighted by atomic mass is 10.1. The van der Waals surface area contributed by atoms with Crippen LogP contribution in [0.5, 0.6) is 0 Å². The molecular formula is C14H16ClFN2O. The molecule has 0 saturated heterocycles. The Labute approximate surface area is 116 Å². The number of hydrogen-bond acceptors (Lipinski definition) is 3. The van der Waals surface area contributed by atoms with Gasteiger partial charge in [0.25, 0.3) is 0 Å². The van der Waals surface area contributed by atoms with Crippen molar-refractivity contribution in [2.45, 2.75) is 20.0 Å². The van der Waals surface area contributed by atoms with E-state index in [0.717, 1.165) is 18.7 Å². The van der Waals surface area contributed by atoms with E-state index in [2.05, 4.69) is 17.2 Å². The van der Waals surface area contributed by atoms with Crippen LogP contribution in [0.3, 0.4) is 0 Å². The van der Waals surface area contributed by atoms with Crippen LogP contribution in [0.4, 0.5) is 10.1 Å². The average molecular weight is 283 g/mol. The lowest BCUT2D eigenvalue weighted by molar-refractivity contribution is 0.182. The van der Waals surface area contributed by atoms with Gasteiger partial charge in [-0.3, -0.25) is 0 Å². The van der Waals surface area contributed by atoms with Gasteiger partial charge in [0.1, 0.15) is 5.82 Å². The molecule has 2 aromatic rings. The van der Waals surface area contributed by atoms with Crippen molar-refractivity contribution in [3.05, 3.63) is 34.7 Å². The minimum Gasteiger partial charge on any atom is -0.384 e. The summed E-state index contributed by atoms with van der Waals surface area (Å²) in [5.41, 5.74) is 1.90. The average Bonchev–Trinajstić information content (AvgIpc) is 2.40. The summed E-state index contributed by atoms with van der Waals surface area (Å²) in [5.74, 6) is -0.325. The van der Waals surface area contributed by atoms with Crippen LogP contribution in [0, 0.1) is 5.82 Å². The topological polar surface area (TPSA) is 34.1 Å². The van der Waals surface area contributed by atoms with Crippen LogP contribution in [0.1, 0.15) is 19.0 Å². The molecule has 0 bridgehead atoms. The number of aromatic nitrogens is 1. The molecule has 0 aliphatic rings. The Hall–Kier alpha value is -1.39. The standard InChI is InChI=1S/C14H16ClFN2O/c1-3-6-17-12-7-9(8-19-2)18-14-10(15)4-5-11(16)13(12)14/h4-5,7H,3,6,8H2,1-2H3,(H,17,18). The predicted molar refractivity (Wildman–Crippen MR) is 76.2 cm³/mol. The number of nitrogens with zero attached hydrogens (tertiary/aromatic N) is 1. The maximum absolute atomic E-state index is 14.0. The molecule has 1 heterocycles. The van der Waals surface area contributed by atoms with Crippen LogP contribution in [0.25, 0.3) is 10.9 Å². The summed E-state index contributed by atoms with van der Waals surface area (Å²) in [6, 6.07) is 4.69. The minimum absolute atomic E-state index is 0.325. The van der Waals surface area contributed by atoms with E-state index in [4.69, 9.17) is 16.3 Å². The van der Waals surface area contributed by atoms with Crippen LogP contribution >= 0.6 is 11.6 Å². The first-order valence-corrected chi connectivity index (χ1v) is 6.55. The number of fused-ring (bicyclic) bond motifs is 1. The minimum atomic E-state index is -0.325. The molecule has 5 heteroatoms. The zero-order chi connectivity index (χ0) is 13.8. The highest BCUT2D eigenvalue weighted by molar-refractivity contribution is 6.35. The van der Waals surface area contributed by atoms with E-state index in [0.29, 0.717) is 28.2 Å². The quantitative estimate of drug-likeness (QED) is 0.900. The second-order valence-electron chi connectivity index (χ2n) is 4.27. The number of pyridine rings is 1. The number of halogens is 2. The zero-order valence-electron chi connectivity index (χ0n) is 11.0. The molecule has 19 heavy (non-hydrogen) atoms. The number of ether oxygens (including phenoxy) is 1. The van der Waals surface area contributed by atoms with Crippen molar-refractivity contribution < 1.29 is 9.13 Å². The van der Waals surface area contributed by atoms with Gasteiger partial charge in [-0.25, -0.2) is 9.37 Å². The third-order valence-electron chi connectivity index (χ3n) is 2.77. The number of rotatable bonds is 5. The molecule has 1 aromatic heterocycles. The normalized spacial score (nSPS) is 10.9. The molecule has 2 rings (SSSR count). The summed E-state index contributed by atoms with van der Waals surface area (Å²) < 4.78 is 19.1. The first-order chi connectivity index (χ1) is 9.17. The van der Waals surface area contributed by atoms with E-state index in [9.17, 15) is 4.39 Å². The van der Waals surface area contributed by atoms with Crippen LogP contribution in [0.15, 0.2) is 18.2 Å². The molecule has 102 valence electrons. The highest BCUT2D eigenvalue weighted by atomic mass is 35.5. The molecular weight excluding hydrogens is 267 g/mol. The van der Waals surface area contributed by atoms with E-state index < -0.39 is 0 Å². The van der Waals surface area contributed by atoms with Crippen molar-refractivity contribution in [2.75, 3.05) is 19.0 Å². The van der Waals surface area contributed by atoms with Gasteiger partial charge in [-0.2, -0.15) is 0 Å². The van der Waals surface area contributed by atoms with Crippen molar-refractivity contribution in [1.29, 1.82) is 0 Å². The second kappa shape index (κ2) is 6.17.